The fourth-order valence-corrected chi connectivity index (χ4v) is 4.23. The molecular formula is C25H32N8OS. The summed E-state index contributed by atoms with van der Waals surface area (Å²) in [6, 6.07) is 3.69. The molecule has 10 heteroatoms. The second kappa shape index (κ2) is 12.7. The number of hydrogen-bond acceptors (Lipinski definition) is 8. The Bertz CT molecular complexity index is 1190. The van der Waals surface area contributed by atoms with Crippen LogP contribution in [0.2, 0.25) is 0 Å². The molecule has 0 unspecified atom stereocenters. The highest BCUT2D eigenvalue weighted by Gasteiger charge is 2.08. The Kier molecular flexibility index (Phi) is 9.42. The van der Waals surface area contributed by atoms with Crippen molar-refractivity contribution in [1.29, 1.82) is 0 Å². The molecule has 0 saturated carbocycles. The number of nitrogens with zero attached hydrogens (tertiary/aromatic N) is 6. The van der Waals surface area contributed by atoms with Crippen molar-refractivity contribution in [2.75, 3.05) is 10.6 Å². The molecule has 3 aromatic rings. The first kappa shape index (κ1) is 26.0. The van der Waals surface area contributed by atoms with Crippen molar-refractivity contribution in [3.8, 4) is 0 Å². The molecule has 0 fully saturated rings. The summed E-state index contributed by atoms with van der Waals surface area (Å²) >= 11 is 1.54. The van der Waals surface area contributed by atoms with Crippen molar-refractivity contribution >= 4 is 28.2 Å². The highest BCUT2D eigenvalue weighted by atomic mass is 32.1. The summed E-state index contributed by atoms with van der Waals surface area (Å²) in [5, 5.41) is 28.8. The van der Waals surface area contributed by atoms with E-state index < -0.39 is 0 Å². The number of aromatic nitrogens is 6. The average molecular weight is 493 g/mol. The Morgan fingerprint density at radius 1 is 1.09 bits per heavy atom. The fraction of sp³-hybridized carbons (Fsp3) is 0.360. The number of carbonyl (C=O) groups excluding carboxylic acids is 1. The van der Waals surface area contributed by atoms with Crippen LogP contribution in [0.1, 0.15) is 49.4 Å². The summed E-state index contributed by atoms with van der Waals surface area (Å²) in [7, 11) is 0. The number of hydrogen-bond donors (Lipinski definition) is 2. The smallest absolute Gasteiger partial charge is 0.229 e. The van der Waals surface area contributed by atoms with Crippen LogP contribution in [-0.4, -0.2) is 36.1 Å². The summed E-state index contributed by atoms with van der Waals surface area (Å²) in [6.45, 7) is 14.3. The first-order chi connectivity index (χ1) is 16.8. The number of amides is 1. The SMILES string of the molecule is C=C(C)/C=C(\C)CC(=O)Nc1ccc(CCCCc2nnc(NC(=C)Cn3cc(C)cn3)s2)nn1. The summed E-state index contributed by atoms with van der Waals surface area (Å²) in [5.41, 5.74) is 4.69. The highest BCUT2D eigenvalue weighted by Crippen LogP contribution is 2.19. The molecule has 35 heavy (non-hydrogen) atoms. The van der Waals surface area contributed by atoms with Crippen LogP contribution in [-0.2, 0) is 24.2 Å². The van der Waals surface area contributed by atoms with E-state index in [1.807, 2.05) is 50.0 Å². The maximum atomic E-state index is 12.1. The first-order valence-corrected chi connectivity index (χ1v) is 12.3. The molecule has 0 aromatic carbocycles. The zero-order chi connectivity index (χ0) is 25.2. The lowest BCUT2D eigenvalue weighted by atomic mass is 10.1. The Morgan fingerprint density at radius 3 is 2.57 bits per heavy atom. The molecule has 0 aliphatic rings. The number of aryl methyl sites for hydroxylation is 3. The van der Waals surface area contributed by atoms with E-state index in [-0.39, 0.29) is 5.91 Å². The largest absolute Gasteiger partial charge is 0.333 e. The topological polar surface area (TPSA) is 111 Å². The van der Waals surface area contributed by atoms with Crippen LogP contribution in [0.4, 0.5) is 10.9 Å². The van der Waals surface area contributed by atoms with E-state index in [0.717, 1.165) is 63.9 Å². The number of anilines is 2. The second-order valence-corrected chi connectivity index (χ2v) is 9.69. The number of rotatable bonds is 13. The van der Waals surface area contributed by atoms with Crippen LogP contribution >= 0.6 is 11.3 Å². The van der Waals surface area contributed by atoms with Crippen LogP contribution in [0.3, 0.4) is 0 Å². The number of carbonyl (C=O) groups is 1. The predicted molar refractivity (Wildman–Crippen MR) is 140 cm³/mol. The molecule has 0 atom stereocenters. The molecule has 3 rings (SSSR count). The fourth-order valence-electron chi connectivity index (χ4n) is 3.40. The van der Waals surface area contributed by atoms with Crippen molar-refractivity contribution in [2.24, 2.45) is 0 Å². The van der Waals surface area contributed by atoms with Gasteiger partial charge in [0.25, 0.3) is 0 Å². The minimum atomic E-state index is -0.118. The van der Waals surface area contributed by atoms with Crippen LogP contribution in [0.5, 0.6) is 0 Å². The third kappa shape index (κ3) is 9.24. The lowest BCUT2D eigenvalue weighted by molar-refractivity contribution is -0.115. The summed E-state index contributed by atoms with van der Waals surface area (Å²) in [5.74, 6) is 0.341. The van der Waals surface area contributed by atoms with Gasteiger partial charge in [0.1, 0.15) is 5.01 Å². The van der Waals surface area contributed by atoms with E-state index >= 15 is 0 Å². The van der Waals surface area contributed by atoms with Gasteiger partial charge in [0, 0.05) is 24.7 Å². The van der Waals surface area contributed by atoms with Crippen molar-refractivity contribution in [3.05, 3.63) is 76.9 Å². The van der Waals surface area contributed by atoms with Crippen LogP contribution in [0, 0.1) is 6.92 Å². The first-order valence-electron chi connectivity index (χ1n) is 11.5. The standard InChI is InChI=1S/C25H32N8OS/c1-17(2)12-18(3)13-23(34)28-22-11-10-21(29-30-22)8-6-7-9-24-31-32-25(35-24)27-20(5)16-33-15-19(4)14-26-33/h10-12,14-15H,1,5-9,13,16H2,2-4H3,(H,27,32)(H,28,30,34)/b18-12+. The Morgan fingerprint density at radius 2 is 1.89 bits per heavy atom. The van der Waals surface area contributed by atoms with Gasteiger partial charge >= 0.3 is 0 Å². The van der Waals surface area contributed by atoms with E-state index in [4.69, 9.17) is 0 Å². The van der Waals surface area contributed by atoms with Crippen LogP contribution in [0.25, 0.3) is 0 Å². The van der Waals surface area contributed by atoms with Gasteiger partial charge in [-0.05, 0) is 57.7 Å². The minimum absolute atomic E-state index is 0.118. The molecule has 2 N–H and O–H groups in total. The number of nitrogens with one attached hydrogen (secondary N) is 2. The summed E-state index contributed by atoms with van der Waals surface area (Å²) < 4.78 is 1.83. The monoisotopic (exact) mass is 492 g/mol. The van der Waals surface area contributed by atoms with Crippen molar-refractivity contribution in [2.45, 2.75) is 59.4 Å². The Balaban J connectivity index is 1.35. The quantitative estimate of drug-likeness (QED) is 0.258. The zero-order valence-corrected chi connectivity index (χ0v) is 21.4. The van der Waals surface area contributed by atoms with Gasteiger partial charge in [0.05, 0.1) is 18.4 Å². The minimum Gasteiger partial charge on any atom is -0.333 e. The van der Waals surface area contributed by atoms with E-state index in [2.05, 4.69) is 49.3 Å². The molecule has 3 aromatic heterocycles. The molecule has 9 nitrogen and oxygen atoms in total. The lowest BCUT2D eigenvalue weighted by Gasteiger charge is -2.06. The molecule has 3 heterocycles. The third-order valence-electron chi connectivity index (χ3n) is 4.86. The molecule has 0 aliphatic carbocycles. The Labute approximate surface area is 210 Å². The van der Waals surface area contributed by atoms with E-state index in [9.17, 15) is 4.79 Å². The molecule has 0 radical (unpaired) electrons. The van der Waals surface area contributed by atoms with Crippen molar-refractivity contribution < 1.29 is 4.79 Å². The normalized spacial score (nSPS) is 11.3. The van der Waals surface area contributed by atoms with E-state index in [0.29, 0.717) is 18.8 Å². The Hall–Kier alpha value is -3.66. The zero-order valence-electron chi connectivity index (χ0n) is 20.5. The molecule has 0 spiro atoms. The maximum Gasteiger partial charge on any atom is 0.229 e. The predicted octanol–water partition coefficient (Wildman–Crippen LogP) is 4.88. The summed E-state index contributed by atoms with van der Waals surface area (Å²) in [6.07, 6.45) is 9.58. The van der Waals surface area contributed by atoms with Gasteiger partial charge in [0.15, 0.2) is 5.82 Å². The average Bonchev–Trinajstić information content (AvgIpc) is 3.39. The van der Waals surface area contributed by atoms with Gasteiger partial charge in [-0.15, -0.1) is 15.3 Å². The summed E-state index contributed by atoms with van der Waals surface area (Å²) in [4.78, 5) is 12.1. The maximum absolute atomic E-state index is 12.1. The van der Waals surface area contributed by atoms with Gasteiger partial charge in [-0.25, -0.2) is 0 Å². The molecule has 0 aliphatic heterocycles. The van der Waals surface area contributed by atoms with Gasteiger partial charge in [-0.3, -0.25) is 9.48 Å². The van der Waals surface area contributed by atoms with Gasteiger partial charge in [-0.1, -0.05) is 41.7 Å². The highest BCUT2D eigenvalue weighted by molar-refractivity contribution is 7.15. The van der Waals surface area contributed by atoms with Crippen LogP contribution in [0.15, 0.2) is 60.6 Å². The molecular weight excluding hydrogens is 460 g/mol. The number of unbranched alkanes of at least 4 members (excludes halogenated alkanes) is 1. The molecule has 0 saturated heterocycles. The lowest BCUT2D eigenvalue weighted by Crippen LogP contribution is -2.13. The van der Waals surface area contributed by atoms with Crippen LogP contribution < -0.4 is 10.6 Å². The van der Waals surface area contributed by atoms with Gasteiger partial charge in [-0.2, -0.15) is 10.2 Å². The van der Waals surface area contributed by atoms with Crippen molar-refractivity contribution in [3.63, 3.8) is 0 Å². The number of allylic oxidation sites excluding steroid dienone is 3. The van der Waals surface area contributed by atoms with Gasteiger partial charge < -0.3 is 10.6 Å². The molecule has 1 amide bonds. The molecule has 0 bridgehead atoms. The van der Waals surface area contributed by atoms with Crippen molar-refractivity contribution in [1.82, 2.24) is 30.2 Å². The molecule has 184 valence electrons. The van der Waals surface area contributed by atoms with Gasteiger partial charge in [0.2, 0.25) is 11.0 Å². The van der Waals surface area contributed by atoms with E-state index in [1.165, 1.54) is 11.3 Å². The third-order valence-corrected chi connectivity index (χ3v) is 5.76. The second-order valence-electron chi connectivity index (χ2n) is 8.62. The van der Waals surface area contributed by atoms with E-state index in [1.54, 1.807) is 6.07 Å².